The van der Waals surface area contributed by atoms with Crippen molar-refractivity contribution in [2.45, 2.75) is 45.6 Å². The van der Waals surface area contributed by atoms with Gasteiger partial charge in [0, 0.05) is 33.9 Å². The van der Waals surface area contributed by atoms with Gasteiger partial charge in [-0.25, -0.2) is 0 Å². The van der Waals surface area contributed by atoms with Gasteiger partial charge in [0.1, 0.15) is 0 Å². The second-order valence-electron chi connectivity index (χ2n) is 6.72. The maximum absolute atomic E-state index is 5.30. The molecule has 0 aliphatic heterocycles. The third-order valence-corrected chi connectivity index (χ3v) is 4.90. The number of aryl methyl sites for hydroxylation is 1. The smallest absolute Gasteiger partial charge is 0.191 e. The van der Waals surface area contributed by atoms with Gasteiger partial charge >= 0.3 is 0 Å². The highest BCUT2D eigenvalue weighted by molar-refractivity contribution is 14.0. The Kier molecular flexibility index (Phi) is 9.66. The van der Waals surface area contributed by atoms with Gasteiger partial charge in [0.2, 0.25) is 0 Å². The Morgan fingerprint density at radius 3 is 2.62 bits per heavy atom. The Labute approximate surface area is 163 Å². The summed E-state index contributed by atoms with van der Waals surface area (Å²) in [6, 6.07) is 8.57. The molecule has 24 heavy (non-hydrogen) atoms. The van der Waals surface area contributed by atoms with Crippen LogP contribution in [0.5, 0.6) is 0 Å². The van der Waals surface area contributed by atoms with Crippen molar-refractivity contribution in [2.24, 2.45) is 10.4 Å². The summed E-state index contributed by atoms with van der Waals surface area (Å²) >= 11 is 0. The Balaban J connectivity index is 0.00000288. The Morgan fingerprint density at radius 1 is 1.25 bits per heavy atom. The fraction of sp³-hybridized carbons (Fsp3) is 0.632. The molecule has 1 fully saturated rings. The minimum atomic E-state index is 0. The van der Waals surface area contributed by atoms with Crippen molar-refractivity contribution in [2.75, 3.05) is 27.3 Å². The number of methoxy groups -OCH3 is 1. The first-order valence-electron chi connectivity index (χ1n) is 8.66. The van der Waals surface area contributed by atoms with Crippen molar-refractivity contribution in [1.82, 2.24) is 10.6 Å². The van der Waals surface area contributed by atoms with Crippen LogP contribution in [0.25, 0.3) is 0 Å². The van der Waals surface area contributed by atoms with E-state index < -0.39 is 0 Å². The van der Waals surface area contributed by atoms with Crippen LogP contribution in [-0.2, 0) is 11.3 Å². The number of benzene rings is 1. The lowest BCUT2D eigenvalue weighted by molar-refractivity contribution is 0.138. The summed E-state index contributed by atoms with van der Waals surface area (Å²) < 4.78 is 5.30. The molecule has 1 aliphatic carbocycles. The molecule has 1 aliphatic rings. The van der Waals surface area contributed by atoms with E-state index in [9.17, 15) is 0 Å². The van der Waals surface area contributed by atoms with Gasteiger partial charge < -0.3 is 15.4 Å². The molecular weight excluding hydrogens is 413 g/mol. The summed E-state index contributed by atoms with van der Waals surface area (Å²) in [5.74, 6) is 0.884. The lowest BCUT2D eigenvalue weighted by atomic mass is 9.83. The van der Waals surface area contributed by atoms with Gasteiger partial charge in [-0.2, -0.15) is 0 Å². The molecule has 5 heteroatoms. The summed E-state index contributed by atoms with van der Waals surface area (Å²) in [6.07, 6.45) is 6.38. The largest absolute Gasteiger partial charge is 0.385 e. The topological polar surface area (TPSA) is 45.7 Å². The first-order chi connectivity index (χ1) is 11.2. The highest BCUT2D eigenvalue weighted by atomic mass is 127. The van der Waals surface area contributed by atoms with Crippen molar-refractivity contribution < 1.29 is 4.74 Å². The highest BCUT2D eigenvalue weighted by Crippen LogP contribution is 2.40. The van der Waals surface area contributed by atoms with Crippen LogP contribution in [0.2, 0.25) is 0 Å². The minimum absolute atomic E-state index is 0. The quantitative estimate of drug-likeness (QED) is 0.381. The molecule has 2 N–H and O–H groups in total. The van der Waals surface area contributed by atoms with Gasteiger partial charge in [-0.15, -0.1) is 24.0 Å². The first kappa shape index (κ1) is 21.2. The molecule has 0 atom stereocenters. The maximum Gasteiger partial charge on any atom is 0.191 e. The number of rotatable bonds is 7. The maximum atomic E-state index is 5.30. The number of halogens is 1. The summed E-state index contributed by atoms with van der Waals surface area (Å²) in [7, 11) is 3.63. The second kappa shape index (κ2) is 10.9. The van der Waals surface area contributed by atoms with Gasteiger partial charge in [0.25, 0.3) is 0 Å². The summed E-state index contributed by atoms with van der Waals surface area (Å²) in [5, 5.41) is 6.95. The zero-order valence-electron chi connectivity index (χ0n) is 15.2. The van der Waals surface area contributed by atoms with Gasteiger partial charge in [-0.1, -0.05) is 42.7 Å². The normalized spacial score (nSPS) is 16.5. The molecule has 0 aromatic heterocycles. The predicted molar refractivity (Wildman–Crippen MR) is 112 cm³/mol. The molecule has 1 aromatic carbocycles. The first-order valence-corrected chi connectivity index (χ1v) is 8.66. The molecular formula is C19H32IN3O. The zero-order valence-corrected chi connectivity index (χ0v) is 17.6. The number of guanidine groups is 1. The van der Waals surface area contributed by atoms with Crippen LogP contribution in [0.4, 0.5) is 0 Å². The van der Waals surface area contributed by atoms with Gasteiger partial charge in [0.15, 0.2) is 5.96 Å². The third kappa shape index (κ3) is 6.59. The Bertz CT molecular complexity index is 513. The lowest BCUT2D eigenvalue weighted by Gasteiger charge is -2.30. The summed E-state index contributed by atoms with van der Waals surface area (Å²) in [5.41, 5.74) is 2.94. The highest BCUT2D eigenvalue weighted by Gasteiger charge is 2.33. The molecule has 136 valence electrons. The minimum Gasteiger partial charge on any atom is -0.385 e. The number of ether oxygens (including phenoxy) is 1. The van der Waals surface area contributed by atoms with E-state index in [0.29, 0.717) is 5.41 Å². The van der Waals surface area contributed by atoms with Crippen LogP contribution in [-0.4, -0.2) is 33.3 Å². The molecule has 0 bridgehead atoms. The van der Waals surface area contributed by atoms with E-state index in [1.54, 1.807) is 7.11 Å². The molecule has 0 heterocycles. The van der Waals surface area contributed by atoms with E-state index in [4.69, 9.17) is 4.74 Å². The number of hydrogen-bond donors (Lipinski definition) is 2. The molecule has 1 aromatic rings. The SMILES string of the molecule is CN=C(NCc1cccc(C)c1)NCC1(CCOC)CCCC1.I. The predicted octanol–water partition coefficient (Wildman–Crippen LogP) is 3.87. The molecule has 2 rings (SSSR count). The summed E-state index contributed by atoms with van der Waals surface area (Å²) in [4.78, 5) is 4.36. The Hall–Kier alpha value is -0.820. The van der Waals surface area contributed by atoms with Gasteiger partial charge in [-0.05, 0) is 37.2 Å². The van der Waals surface area contributed by atoms with Crippen LogP contribution in [0.1, 0.15) is 43.2 Å². The fourth-order valence-corrected chi connectivity index (χ4v) is 3.46. The standard InChI is InChI=1S/C19H31N3O.HI/c1-16-7-6-8-17(13-16)14-21-18(20-2)22-15-19(11-12-23-3)9-4-5-10-19;/h6-8,13H,4-5,9-12,14-15H2,1-3H3,(H2,20,21,22);1H. The van der Waals surface area contributed by atoms with Gasteiger partial charge in [0.05, 0.1) is 0 Å². The van der Waals surface area contributed by atoms with Crippen LogP contribution in [0.15, 0.2) is 29.3 Å². The van der Waals surface area contributed by atoms with Gasteiger partial charge in [-0.3, -0.25) is 4.99 Å². The average Bonchev–Trinajstić information content (AvgIpc) is 3.02. The third-order valence-electron chi connectivity index (χ3n) is 4.90. The zero-order chi connectivity index (χ0) is 16.5. The molecule has 0 saturated heterocycles. The van der Waals surface area contributed by atoms with Crippen molar-refractivity contribution in [3.05, 3.63) is 35.4 Å². The van der Waals surface area contributed by atoms with E-state index in [2.05, 4.69) is 46.8 Å². The van der Waals surface area contributed by atoms with E-state index in [1.807, 2.05) is 7.05 Å². The molecule has 0 unspecified atom stereocenters. The van der Waals surface area contributed by atoms with E-state index in [-0.39, 0.29) is 24.0 Å². The van der Waals surface area contributed by atoms with Crippen molar-refractivity contribution >= 4 is 29.9 Å². The van der Waals surface area contributed by atoms with Crippen LogP contribution in [0, 0.1) is 12.3 Å². The monoisotopic (exact) mass is 445 g/mol. The number of nitrogens with zero attached hydrogens (tertiary/aromatic N) is 1. The molecule has 1 saturated carbocycles. The van der Waals surface area contributed by atoms with E-state index >= 15 is 0 Å². The van der Waals surface area contributed by atoms with Crippen LogP contribution < -0.4 is 10.6 Å². The van der Waals surface area contributed by atoms with Crippen LogP contribution >= 0.6 is 24.0 Å². The second-order valence-corrected chi connectivity index (χ2v) is 6.72. The van der Waals surface area contributed by atoms with Crippen molar-refractivity contribution in [3.63, 3.8) is 0 Å². The molecule has 0 spiro atoms. The lowest BCUT2D eigenvalue weighted by Crippen LogP contribution is -2.43. The van der Waals surface area contributed by atoms with Crippen molar-refractivity contribution in [1.29, 1.82) is 0 Å². The van der Waals surface area contributed by atoms with E-state index in [0.717, 1.165) is 32.1 Å². The molecule has 0 amide bonds. The van der Waals surface area contributed by atoms with Crippen molar-refractivity contribution in [3.8, 4) is 0 Å². The summed E-state index contributed by atoms with van der Waals surface area (Å²) in [6.45, 7) is 4.74. The number of aliphatic imine (C=N–C) groups is 1. The fourth-order valence-electron chi connectivity index (χ4n) is 3.46. The molecule has 0 radical (unpaired) electrons. The molecule has 4 nitrogen and oxygen atoms in total. The Morgan fingerprint density at radius 2 is 2.00 bits per heavy atom. The number of hydrogen-bond acceptors (Lipinski definition) is 2. The number of nitrogens with one attached hydrogen (secondary N) is 2. The van der Waals surface area contributed by atoms with Crippen LogP contribution in [0.3, 0.4) is 0 Å². The van der Waals surface area contributed by atoms with E-state index in [1.165, 1.54) is 36.8 Å². The average molecular weight is 445 g/mol.